The van der Waals surface area contributed by atoms with Crippen LogP contribution in [0.1, 0.15) is 10.6 Å². The largest absolute Gasteiger partial charge is 0.418 e. The summed E-state index contributed by atoms with van der Waals surface area (Å²) in [5.41, 5.74) is 2.45. The van der Waals surface area contributed by atoms with Gasteiger partial charge in [0.2, 0.25) is 5.76 Å². The molecule has 31 heavy (non-hydrogen) atoms. The summed E-state index contributed by atoms with van der Waals surface area (Å²) in [4.78, 5) is 30.2. The molecule has 0 atom stereocenters. The molecule has 0 aliphatic carbocycles. The Morgan fingerprint density at radius 2 is 1.90 bits per heavy atom. The third kappa shape index (κ3) is 3.97. The van der Waals surface area contributed by atoms with Crippen LogP contribution in [0.3, 0.4) is 0 Å². The number of oxazole rings is 1. The van der Waals surface area contributed by atoms with Gasteiger partial charge in [-0.15, -0.1) is 0 Å². The van der Waals surface area contributed by atoms with E-state index in [-0.39, 0.29) is 5.76 Å². The third-order valence-corrected chi connectivity index (χ3v) is 5.31. The standard InChI is InChI=1S/C21H22N8O2/c1-27-5-7-29(8-6-27)21-23-12-18(31-21)20(30)26-19-9-17-14(10-22-19)3-4-16(25-17)15-11-24-28(2)13-15/h3-4,9-13H,5-8H2,1-2H3,(H,22,26,30). The molecule has 10 nitrogen and oxygen atoms in total. The van der Waals surface area contributed by atoms with Crippen molar-refractivity contribution >= 4 is 28.6 Å². The maximum Gasteiger partial charge on any atom is 0.298 e. The molecule has 0 bridgehead atoms. The molecule has 0 radical (unpaired) electrons. The number of fused-ring (bicyclic) bond motifs is 1. The number of nitrogens with zero attached hydrogens (tertiary/aromatic N) is 7. The minimum absolute atomic E-state index is 0.146. The van der Waals surface area contributed by atoms with Crippen LogP contribution in [0.5, 0.6) is 0 Å². The van der Waals surface area contributed by atoms with Crippen molar-refractivity contribution in [2.45, 2.75) is 0 Å². The second-order valence-corrected chi connectivity index (χ2v) is 7.61. The van der Waals surface area contributed by atoms with Crippen LogP contribution < -0.4 is 10.2 Å². The molecule has 0 aromatic carbocycles. The smallest absolute Gasteiger partial charge is 0.298 e. The van der Waals surface area contributed by atoms with Crippen molar-refractivity contribution in [3.63, 3.8) is 0 Å². The van der Waals surface area contributed by atoms with E-state index in [1.54, 1.807) is 23.1 Å². The highest BCUT2D eigenvalue weighted by molar-refractivity contribution is 6.02. The summed E-state index contributed by atoms with van der Waals surface area (Å²) >= 11 is 0. The van der Waals surface area contributed by atoms with Gasteiger partial charge in [0.15, 0.2) is 0 Å². The Labute approximate surface area is 178 Å². The van der Waals surface area contributed by atoms with Gasteiger partial charge >= 0.3 is 0 Å². The van der Waals surface area contributed by atoms with Gasteiger partial charge in [0.05, 0.1) is 23.6 Å². The highest BCUT2D eigenvalue weighted by atomic mass is 16.4. The van der Waals surface area contributed by atoms with Gasteiger partial charge < -0.3 is 19.5 Å². The lowest BCUT2D eigenvalue weighted by Crippen LogP contribution is -2.44. The number of aromatic nitrogens is 5. The maximum absolute atomic E-state index is 12.6. The van der Waals surface area contributed by atoms with Crippen molar-refractivity contribution in [3.8, 4) is 11.3 Å². The van der Waals surface area contributed by atoms with Gasteiger partial charge in [-0.3, -0.25) is 9.48 Å². The monoisotopic (exact) mass is 418 g/mol. The van der Waals surface area contributed by atoms with Crippen LogP contribution in [0.2, 0.25) is 0 Å². The number of rotatable bonds is 4. The first-order valence-electron chi connectivity index (χ1n) is 10.0. The van der Waals surface area contributed by atoms with E-state index in [9.17, 15) is 4.79 Å². The fourth-order valence-electron chi connectivity index (χ4n) is 3.49. The Morgan fingerprint density at radius 1 is 1.06 bits per heavy atom. The van der Waals surface area contributed by atoms with Gasteiger partial charge in [-0.05, 0) is 19.2 Å². The van der Waals surface area contributed by atoms with Crippen LogP contribution in [0.25, 0.3) is 22.2 Å². The van der Waals surface area contributed by atoms with Gasteiger partial charge in [-0.25, -0.2) is 15.0 Å². The zero-order chi connectivity index (χ0) is 21.4. The van der Waals surface area contributed by atoms with Gasteiger partial charge in [-0.2, -0.15) is 5.10 Å². The number of pyridine rings is 2. The lowest BCUT2D eigenvalue weighted by atomic mass is 10.2. The number of piperazine rings is 1. The summed E-state index contributed by atoms with van der Waals surface area (Å²) in [6.07, 6.45) is 6.80. The van der Waals surface area contributed by atoms with E-state index in [1.165, 1.54) is 6.20 Å². The van der Waals surface area contributed by atoms with E-state index in [2.05, 4.69) is 37.3 Å². The Morgan fingerprint density at radius 3 is 2.68 bits per heavy atom. The summed E-state index contributed by atoms with van der Waals surface area (Å²) in [7, 11) is 3.94. The quantitative estimate of drug-likeness (QED) is 0.537. The number of carbonyl (C=O) groups excluding carboxylic acids is 1. The number of anilines is 2. The van der Waals surface area contributed by atoms with E-state index in [4.69, 9.17) is 4.42 Å². The van der Waals surface area contributed by atoms with Crippen molar-refractivity contribution in [2.75, 3.05) is 43.4 Å². The highest BCUT2D eigenvalue weighted by Crippen LogP contribution is 2.22. The fraction of sp³-hybridized carbons (Fsp3) is 0.286. The molecular weight excluding hydrogens is 396 g/mol. The predicted molar refractivity (Wildman–Crippen MR) is 116 cm³/mol. The number of aryl methyl sites for hydroxylation is 1. The minimum Gasteiger partial charge on any atom is -0.418 e. The lowest BCUT2D eigenvalue weighted by molar-refractivity contribution is 0.0996. The molecular formula is C21H22N8O2. The zero-order valence-corrected chi connectivity index (χ0v) is 17.3. The molecule has 1 saturated heterocycles. The van der Waals surface area contributed by atoms with E-state index in [0.29, 0.717) is 11.8 Å². The molecule has 5 rings (SSSR count). The molecule has 4 aromatic rings. The summed E-state index contributed by atoms with van der Waals surface area (Å²) in [6, 6.07) is 6.08. The average Bonchev–Trinajstić information content (AvgIpc) is 3.43. The SMILES string of the molecule is CN1CCN(c2ncc(C(=O)Nc3cc4nc(-c5cnn(C)c5)ccc4cn3)o2)CC1. The Bertz CT molecular complexity index is 1240. The van der Waals surface area contributed by atoms with Crippen LogP contribution in [-0.4, -0.2) is 68.8 Å². The molecule has 10 heteroatoms. The lowest BCUT2D eigenvalue weighted by Gasteiger charge is -2.31. The molecule has 0 unspecified atom stereocenters. The summed E-state index contributed by atoms with van der Waals surface area (Å²) in [5.74, 6) is 0.141. The van der Waals surface area contributed by atoms with Crippen LogP contribution in [0.15, 0.2) is 47.4 Å². The molecule has 0 saturated carbocycles. The number of likely N-dealkylation sites (N-methyl/N-ethyl adjacent to an activating group) is 1. The van der Waals surface area contributed by atoms with Crippen LogP contribution in [0.4, 0.5) is 11.8 Å². The molecule has 0 spiro atoms. The van der Waals surface area contributed by atoms with Crippen LogP contribution >= 0.6 is 0 Å². The first-order chi connectivity index (χ1) is 15.0. The Balaban J connectivity index is 1.33. The predicted octanol–water partition coefficient (Wildman–Crippen LogP) is 2.02. The van der Waals surface area contributed by atoms with Crippen LogP contribution in [0, 0.1) is 0 Å². The van der Waals surface area contributed by atoms with Crippen molar-refractivity contribution in [1.82, 2.24) is 29.6 Å². The van der Waals surface area contributed by atoms with Gasteiger partial charge in [0.25, 0.3) is 11.9 Å². The Kier molecular flexibility index (Phi) is 4.83. The molecule has 1 fully saturated rings. The van der Waals surface area contributed by atoms with Gasteiger partial charge in [0, 0.05) is 62.6 Å². The molecule has 4 aromatic heterocycles. The molecule has 1 N–H and O–H groups in total. The molecule has 5 heterocycles. The fourth-order valence-corrected chi connectivity index (χ4v) is 3.49. The maximum atomic E-state index is 12.6. The summed E-state index contributed by atoms with van der Waals surface area (Å²) in [6.45, 7) is 3.49. The molecule has 158 valence electrons. The van der Waals surface area contributed by atoms with Crippen molar-refractivity contribution < 1.29 is 9.21 Å². The molecule has 1 aliphatic rings. The van der Waals surface area contributed by atoms with Crippen molar-refractivity contribution in [1.29, 1.82) is 0 Å². The van der Waals surface area contributed by atoms with E-state index in [1.807, 2.05) is 30.3 Å². The van der Waals surface area contributed by atoms with Crippen LogP contribution in [-0.2, 0) is 7.05 Å². The highest BCUT2D eigenvalue weighted by Gasteiger charge is 2.21. The van der Waals surface area contributed by atoms with E-state index in [0.717, 1.165) is 48.3 Å². The summed E-state index contributed by atoms with van der Waals surface area (Å²) in [5, 5.41) is 7.84. The zero-order valence-electron chi connectivity index (χ0n) is 17.3. The van der Waals surface area contributed by atoms with Gasteiger partial charge in [-0.1, -0.05) is 0 Å². The third-order valence-electron chi connectivity index (χ3n) is 5.31. The first-order valence-corrected chi connectivity index (χ1v) is 10.0. The average molecular weight is 418 g/mol. The Hall–Kier alpha value is -3.79. The number of amides is 1. The normalized spacial score (nSPS) is 14.8. The summed E-state index contributed by atoms with van der Waals surface area (Å²) < 4.78 is 7.42. The molecule has 1 aliphatic heterocycles. The van der Waals surface area contributed by atoms with E-state index < -0.39 is 5.91 Å². The van der Waals surface area contributed by atoms with Gasteiger partial charge in [0.1, 0.15) is 5.82 Å². The first kappa shape index (κ1) is 19.2. The van der Waals surface area contributed by atoms with Crippen molar-refractivity contribution in [3.05, 3.63) is 48.7 Å². The second-order valence-electron chi connectivity index (χ2n) is 7.61. The number of hydrogen-bond donors (Lipinski definition) is 1. The molecule has 1 amide bonds. The number of hydrogen-bond acceptors (Lipinski definition) is 8. The number of nitrogens with one attached hydrogen (secondary N) is 1. The minimum atomic E-state index is -0.400. The number of carbonyl (C=O) groups is 1. The van der Waals surface area contributed by atoms with Crippen molar-refractivity contribution in [2.24, 2.45) is 7.05 Å². The topological polar surface area (TPSA) is 105 Å². The second kappa shape index (κ2) is 7.80. The van der Waals surface area contributed by atoms with E-state index >= 15 is 0 Å².